The number of amides is 1. The highest BCUT2D eigenvalue weighted by molar-refractivity contribution is 14.0. The number of nitrogens with zero attached hydrogens (tertiary/aromatic N) is 2. The molecule has 1 amide bonds. The number of hydrogen-bond donors (Lipinski definition) is 3. The van der Waals surface area contributed by atoms with Gasteiger partial charge in [0.2, 0.25) is 0 Å². The fourth-order valence-corrected chi connectivity index (χ4v) is 3.53. The lowest BCUT2D eigenvalue weighted by Crippen LogP contribution is -2.42. The molecule has 0 saturated carbocycles. The Morgan fingerprint density at radius 2 is 1.80 bits per heavy atom. The summed E-state index contributed by atoms with van der Waals surface area (Å²) in [5.41, 5.74) is 1.31. The number of benzene rings is 1. The van der Waals surface area contributed by atoms with Crippen molar-refractivity contribution >= 4 is 35.8 Å². The second-order valence-corrected chi connectivity index (χ2v) is 7.05. The van der Waals surface area contributed by atoms with Gasteiger partial charge in [0.1, 0.15) is 0 Å². The Balaban J connectivity index is 0.00000320. The SMILES string of the molecule is CCNC(=NCC(c1ccccc1)N1CCCC1)NCCNC(=O)c1ccco1.I. The van der Waals surface area contributed by atoms with Crippen LogP contribution in [0.3, 0.4) is 0 Å². The second-order valence-electron chi connectivity index (χ2n) is 7.05. The fraction of sp³-hybridized carbons (Fsp3) is 0.455. The van der Waals surface area contributed by atoms with Crippen molar-refractivity contribution in [2.24, 2.45) is 4.99 Å². The molecule has 8 heteroatoms. The molecule has 1 saturated heterocycles. The third-order valence-corrected chi connectivity index (χ3v) is 4.98. The number of rotatable bonds is 9. The third-order valence-electron chi connectivity index (χ3n) is 4.98. The second kappa shape index (κ2) is 13.3. The average Bonchev–Trinajstić information content (AvgIpc) is 3.46. The van der Waals surface area contributed by atoms with Crippen molar-refractivity contribution in [2.45, 2.75) is 25.8 Å². The summed E-state index contributed by atoms with van der Waals surface area (Å²) in [4.78, 5) is 19.3. The van der Waals surface area contributed by atoms with E-state index in [0.717, 1.165) is 25.6 Å². The third kappa shape index (κ3) is 7.32. The Hall–Kier alpha value is -2.07. The van der Waals surface area contributed by atoms with Crippen LogP contribution in [-0.2, 0) is 0 Å². The van der Waals surface area contributed by atoms with Gasteiger partial charge in [-0.05, 0) is 50.6 Å². The van der Waals surface area contributed by atoms with E-state index in [1.165, 1.54) is 24.7 Å². The molecule has 7 nitrogen and oxygen atoms in total. The van der Waals surface area contributed by atoms with E-state index < -0.39 is 0 Å². The minimum Gasteiger partial charge on any atom is -0.459 e. The topological polar surface area (TPSA) is 81.9 Å². The monoisotopic (exact) mass is 525 g/mol. The molecule has 2 heterocycles. The van der Waals surface area contributed by atoms with Crippen LogP contribution in [-0.4, -0.2) is 56.0 Å². The van der Waals surface area contributed by atoms with Crippen molar-refractivity contribution in [3.05, 3.63) is 60.1 Å². The number of aliphatic imine (C=N–C) groups is 1. The van der Waals surface area contributed by atoms with E-state index in [2.05, 4.69) is 51.2 Å². The molecule has 3 rings (SSSR count). The number of likely N-dealkylation sites (tertiary alicyclic amines) is 1. The first-order chi connectivity index (χ1) is 14.3. The van der Waals surface area contributed by atoms with Gasteiger partial charge in [-0.3, -0.25) is 14.7 Å². The molecular formula is C22H32IN5O2. The minimum absolute atomic E-state index is 0. The molecule has 1 atom stereocenters. The van der Waals surface area contributed by atoms with Crippen molar-refractivity contribution < 1.29 is 9.21 Å². The Morgan fingerprint density at radius 1 is 1.07 bits per heavy atom. The van der Waals surface area contributed by atoms with Crippen LogP contribution in [0, 0.1) is 0 Å². The Kier molecular flexibility index (Phi) is 10.7. The van der Waals surface area contributed by atoms with Crippen molar-refractivity contribution in [3.63, 3.8) is 0 Å². The number of carbonyl (C=O) groups is 1. The summed E-state index contributed by atoms with van der Waals surface area (Å²) in [7, 11) is 0. The summed E-state index contributed by atoms with van der Waals surface area (Å²) in [6, 6.07) is 14.2. The molecule has 0 aliphatic carbocycles. The average molecular weight is 525 g/mol. The van der Waals surface area contributed by atoms with Crippen molar-refractivity contribution in [2.75, 3.05) is 39.3 Å². The minimum atomic E-state index is -0.211. The Bertz CT molecular complexity index is 761. The quantitative estimate of drug-likeness (QED) is 0.203. The van der Waals surface area contributed by atoms with Gasteiger partial charge in [-0.25, -0.2) is 0 Å². The first-order valence-electron chi connectivity index (χ1n) is 10.4. The molecule has 0 bridgehead atoms. The van der Waals surface area contributed by atoms with Crippen molar-refractivity contribution in [1.29, 1.82) is 0 Å². The number of guanidine groups is 1. The molecule has 30 heavy (non-hydrogen) atoms. The summed E-state index contributed by atoms with van der Waals surface area (Å²) in [6.07, 6.45) is 3.99. The van der Waals surface area contributed by atoms with Gasteiger partial charge in [0.15, 0.2) is 11.7 Å². The molecule has 1 aromatic carbocycles. The zero-order valence-corrected chi connectivity index (χ0v) is 19.8. The fourth-order valence-electron chi connectivity index (χ4n) is 3.53. The molecule has 1 fully saturated rings. The maximum atomic E-state index is 11.9. The summed E-state index contributed by atoms with van der Waals surface area (Å²) in [5, 5.41) is 9.41. The van der Waals surface area contributed by atoms with Crippen LogP contribution >= 0.6 is 24.0 Å². The molecule has 2 aromatic rings. The lowest BCUT2D eigenvalue weighted by atomic mass is 10.1. The Labute approximate surface area is 195 Å². The lowest BCUT2D eigenvalue weighted by Gasteiger charge is -2.27. The van der Waals surface area contributed by atoms with Gasteiger partial charge in [-0.2, -0.15) is 0 Å². The summed E-state index contributed by atoms with van der Waals surface area (Å²) in [6.45, 7) is 6.83. The molecule has 1 unspecified atom stereocenters. The summed E-state index contributed by atoms with van der Waals surface area (Å²) < 4.78 is 5.09. The van der Waals surface area contributed by atoms with E-state index in [4.69, 9.17) is 9.41 Å². The van der Waals surface area contributed by atoms with Crippen LogP contribution in [0.1, 0.15) is 41.9 Å². The lowest BCUT2D eigenvalue weighted by molar-refractivity contribution is 0.0926. The van der Waals surface area contributed by atoms with Crippen LogP contribution in [0.15, 0.2) is 58.1 Å². The van der Waals surface area contributed by atoms with Crippen LogP contribution < -0.4 is 16.0 Å². The Morgan fingerprint density at radius 3 is 2.47 bits per heavy atom. The van der Waals surface area contributed by atoms with Gasteiger partial charge in [-0.1, -0.05) is 30.3 Å². The van der Waals surface area contributed by atoms with E-state index in [-0.39, 0.29) is 35.9 Å². The molecule has 1 aliphatic rings. The van der Waals surface area contributed by atoms with Crippen LogP contribution in [0.2, 0.25) is 0 Å². The van der Waals surface area contributed by atoms with Crippen molar-refractivity contribution in [3.8, 4) is 0 Å². The molecule has 164 valence electrons. The summed E-state index contributed by atoms with van der Waals surface area (Å²) in [5.74, 6) is 0.874. The van der Waals surface area contributed by atoms with E-state index in [9.17, 15) is 4.79 Å². The number of nitrogens with one attached hydrogen (secondary N) is 3. The maximum Gasteiger partial charge on any atom is 0.287 e. The molecule has 1 aliphatic heterocycles. The predicted octanol–water partition coefficient (Wildman–Crippen LogP) is 3.02. The molecule has 1 aromatic heterocycles. The van der Waals surface area contributed by atoms with Gasteiger partial charge in [0, 0.05) is 19.6 Å². The number of furan rings is 1. The number of hydrogen-bond acceptors (Lipinski definition) is 4. The molecule has 0 spiro atoms. The van der Waals surface area contributed by atoms with Gasteiger partial charge in [-0.15, -0.1) is 24.0 Å². The molecular weight excluding hydrogens is 493 g/mol. The standard InChI is InChI=1S/C22H31N5O2.HI/c1-2-23-22(25-13-12-24-21(28)20-11-8-16-29-20)26-17-19(27-14-6-7-15-27)18-9-4-3-5-10-18;/h3-5,8-11,16,19H,2,6-7,12-15,17H2,1H3,(H,24,28)(H2,23,25,26);1H. The highest BCUT2D eigenvalue weighted by atomic mass is 127. The van der Waals surface area contributed by atoms with Crippen LogP contribution in [0.25, 0.3) is 0 Å². The summed E-state index contributed by atoms with van der Waals surface area (Å²) >= 11 is 0. The predicted molar refractivity (Wildman–Crippen MR) is 130 cm³/mol. The zero-order valence-electron chi connectivity index (χ0n) is 17.5. The van der Waals surface area contributed by atoms with Crippen molar-refractivity contribution in [1.82, 2.24) is 20.9 Å². The molecule has 0 radical (unpaired) electrons. The number of halogens is 1. The van der Waals surface area contributed by atoms with E-state index >= 15 is 0 Å². The van der Waals surface area contributed by atoms with E-state index in [1.807, 2.05) is 6.92 Å². The molecule has 3 N–H and O–H groups in total. The highest BCUT2D eigenvalue weighted by Crippen LogP contribution is 2.25. The largest absolute Gasteiger partial charge is 0.459 e. The zero-order chi connectivity index (χ0) is 20.3. The normalized spacial score (nSPS) is 15.3. The van der Waals surface area contributed by atoms with Crippen LogP contribution in [0.5, 0.6) is 0 Å². The maximum absolute atomic E-state index is 11.9. The van der Waals surface area contributed by atoms with E-state index in [0.29, 0.717) is 25.4 Å². The van der Waals surface area contributed by atoms with Gasteiger partial charge < -0.3 is 20.4 Å². The first-order valence-corrected chi connectivity index (χ1v) is 10.4. The van der Waals surface area contributed by atoms with Gasteiger partial charge in [0.05, 0.1) is 18.8 Å². The smallest absolute Gasteiger partial charge is 0.287 e. The van der Waals surface area contributed by atoms with Gasteiger partial charge >= 0.3 is 0 Å². The first kappa shape index (κ1) is 24.2. The van der Waals surface area contributed by atoms with Crippen LogP contribution in [0.4, 0.5) is 0 Å². The van der Waals surface area contributed by atoms with Gasteiger partial charge in [0.25, 0.3) is 5.91 Å². The highest BCUT2D eigenvalue weighted by Gasteiger charge is 2.23. The van der Waals surface area contributed by atoms with E-state index in [1.54, 1.807) is 12.1 Å². The number of carbonyl (C=O) groups excluding carboxylic acids is 1.